The summed E-state index contributed by atoms with van der Waals surface area (Å²) in [5, 5.41) is 20.1. The van der Waals surface area contributed by atoms with Gasteiger partial charge in [0.05, 0.1) is 0 Å². The quantitative estimate of drug-likeness (QED) is 0.615. The van der Waals surface area contributed by atoms with Gasteiger partial charge in [0.2, 0.25) is 6.04 Å². The predicted molar refractivity (Wildman–Crippen MR) is 52.6 cm³/mol. The van der Waals surface area contributed by atoms with Gasteiger partial charge < -0.3 is 5.11 Å². The highest BCUT2D eigenvalue weighted by molar-refractivity contribution is 5.29. The van der Waals surface area contributed by atoms with Crippen molar-refractivity contribution in [3.05, 3.63) is 45.3 Å². The molecule has 0 fully saturated rings. The number of benzene rings is 1. The van der Waals surface area contributed by atoms with E-state index in [1.165, 1.54) is 25.1 Å². The maximum absolute atomic E-state index is 12.8. The Kier molecular flexibility index (Phi) is 3.36. The number of halogens is 1. The molecule has 5 heteroatoms. The first-order chi connectivity index (χ1) is 6.93. The van der Waals surface area contributed by atoms with E-state index >= 15 is 0 Å². The predicted octanol–water partition coefficient (Wildman–Crippen LogP) is 1.83. The zero-order chi connectivity index (χ0) is 11.6. The van der Waals surface area contributed by atoms with Gasteiger partial charge in [0.25, 0.3) is 0 Å². The second-order valence-corrected chi connectivity index (χ2v) is 3.47. The van der Waals surface area contributed by atoms with Crippen molar-refractivity contribution >= 4 is 0 Å². The molecule has 0 heterocycles. The molecule has 1 aromatic rings. The van der Waals surface area contributed by atoms with Crippen LogP contribution >= 0.6 is 0 Å². The SMILES string of the molecule is Cc1cc(F)ccc1[C@@H](O)[C@H](C)[N+](=O)[O-]. The first-order valence-corrected chi connectivity index (χ1v) is 4.51. The van der Waals surface area contributed by atoms with Crippen LogP contribution in [0.4, 0.5) is 4.39 Å². The summed E-state index contributed by atoms with van der Waals surface area (Å²) >= 11 is 0. The van der Waals surface area contributed by atoms with Crippen molar-refractivity contribution < 1.29 is 14.4 Å². The first-order valence-electron chi connectivity index (χ1n) is 4.51. The summed E-state index contributed by atoms with van der Waals surface area (Å²) in [6.07, 6.45) is -1.21. The first kappa shape index (κ1) is 11.6. The number of aliphatic hydroxyl groups is 1. The largest absolute Gasteiger partial charge is 0.381 e. The van der Waals surface area contributed by atoms with Gasteiger partial charge >= 0.3 is 0 Å². The van der Waals surface area contributed by atoms with Crippen molar-refractivity contribution in [3.63, 3.8) is 0 Å². The third-order valence-electron chi connectivity index (χ3n) is 2.34. The lowest BCUT2D eigenvalue weighted by Crippen LogP contribution is -2.24. The molecule has 0 unspecified atom stereocenters. The Bertz CT molecular complexity index is 381. The Morgan fingerprint density at radius 2 is 2.13 bits per heavy atom. The lowest BCUT2D eigenvalue weighted by atomic mass is 9.99. The molecule has 0 aliphatic heterocycles. The standard InChI is InChI=1S/C10H12FNO3/c1-6-5-8(11)3-4-9(6)10(13)7(2)12(14)15/h3-5,7,10,13H,1-2H3/t7-,10-/m0/s1. The van der Waals surface area contributed by atoms with Gasteiger partial charge in [-0.1, -0.05) is 6.07 Å². The zero-order valence-corrected chi connectivity index (χ0v) is 8.48. The number of hydrogen-bond donors (Lipinski definition) is 1. The van der Waals surface area contributed by atoms with Gasteiger partial charge in [-0.25, -0.2) is 4.39 Å². The molecule has 2 atom stereocenters. The minimum Gasteiger partial charge on any atom is -0.381 e. The van der Waals surface area contributed by atoms with Gasteiger partial charge in [-0.2, -0.15) is 0 Å². The summed E-state index contributed by atoms with van der Waals surface area (Å²) in [6, 6.07) is 2.69. The van der Waals surface area contributed by atoms with E-state index in [1.54, 1.807) is 6.92 Å². The van der Waals surface area contributed by atoms with E-state index in [2.05, 4.69) is 0 Å². The molecular formula is C10H12FNO3. The molecule has 0 aliphatic carbocycles. The van der Waals surface area contributed by atoms with E-state index in [0.29, 0.717) is 11.1 Å². The van der Waals surface area contributed by atoms with Crippen molar-refractivity contribution in [2.24, 2.45) is 0 Å². The van der Waals surface area contributed by atoms with Crippen molar-refractivity contribution in [2.45, 2.75) is 26.0 Å². The maximum Gasteiger partial charge on any atom is 0.239 e. The van der Waals surface area contributed by atoms with Crippen LogP contribution < -0.4 is 0 Å². The number of aliphatic hydroxyl groups excluding tert-OH is 1. The second-order valence-electron chi connectivity index (χ2n) is 3.47. The van der Waals surface area contributed by atoms with Crippen LogP contribution in [0, 0.1) is 22.9 Å². The minimum absolute atomic E-state index is 0.389. The molecule has 0 aromatic heterocycles. The summed E-state index contributed by atoms with van der Waals surface area (Å²) in [5.74, 6) is -0.419. The molecule has 1 rings (SSSR count). The van der Waals surface area contributed by atoms with Crippen LogP contribution in [0.1, 0.15) is 24.2 Å². The van der Waals surface area contributed by atoms with E-state index < -0.39 is 22.9 Å². The minimum atomic E-state index is -1.21. The molecular weight excluding hydrogens is 201 g/mol. The summed E-state index contributed by atoms with van der Waals surface area (Å²) in [5.41, 5.74) is 0.900. The summed E-state index contributed by atoms with van der Waals surface area (Å²) in [6.45, 7) is 2.92. The average molecular weight is 213 g/mol. The van der Waals surface area contributed by atoms with Crippen LogP contribution in [-0.2, 0) is 0 Å². The number of nitro groups is 1. The molecule has 1 N–H and O–H groups in total. The second kappa shape index (κ2) is 4.35. The van der Waals surface area contributed by atoms with E-state index in [0.717, 1.165) is 0 Å². The molecule has 82 valence electrons. The smallest absolute Gasteiger partial charge is 0.239 e. The lowest BCUT2D eigenvalue weighted by molar-refractivity contribution is -0.531. The van der Waals surface area contributed by atoms with Crippen LogP contribution in [0.3, 0.4) is 0 Å². The Morgan fingerprint density at radius 3 is 2.60 bits per heavy atom. The van der Waals surface area contributed by atoms with Gasteiger partial charge in [-0.15, -0.1) is 0 Å². The number of nitrogens with zero attached hydrogens (tertiary/aromatic N) is 1. The van der Waals surface area contributed by atoms with Gasteiger partial charge in [-0.3, -0.25) is 10.1 Å². The molecule has 1 aromatic carbocycles. The Morgan fingerprint density at radius 1 is 1.53 bits per heavy atom. The van der Waals surface area contributed by atoms with Gasteiger partial charge in [0.15, 0.2) is 0 Å². The molecule has 15 heavy (non-hydrogen) atoms. The molecule has 0 bridgehead atoms. The highest BCUT2D eigenvalue weighted by atomic mass is 19.1. The van der Waals surface area contributed by atoms with Gasteiger partial charge in [0, 0.05) is 11.8 Å². The van der Waals surface area contributed by atoms with Gasteiger partial charge in [0.1, 0.15) is 11.9 Å². The molecule has 0 aliphatic rings. The van der Waals surface area contributed by atoms with Crippen molar-refractivity contribution in [3.8, 4) is 0 Å². The normalized spacial score (nSPS) is 14.7. The highest BCUT2D eigenvalue weighted by Gasteiger charge is 2.26. The van der Waals surface area contributed by atoms with Crippen LogP contribution in [0.25, 0.3) is 0 Å². The summed E-state index contributed by atoms with van der Waals surface area (Å²) < 4.78 is 12.8. The van der Waals surface area contributed by atoms with E-state index in [4.69, 9.17) is 0 Å². The van der Waals surface area contributed by atoms with Crippen molar-refractivity contribution in [2.75, 3.05) is 0 Å². The molecule has 0 saturated heterocycles. The van der Waals surface area contributed by atoms with Gasteiger partial charge in [-0.05, 0) is 30.2 Å². The fourth-order valence-corrected chi connectivity index (χ4v) is 1.35. The average Bonchev–Trinajstić information content (AvgIpc) is 2.15. The van der Waals surface area contributed by atoms with Crippen LogP contribution in [0.2, 0.25) is 0 Å². The number of hydrogen-bond acceptors (Lipinski definition) is 3. The summed E-state index contributed by atoms with van der Waals surface area (Å²) in [4.78, 5) is 9.90. The summed E-state index contributed by atoms with van der Waals surface area (Å²) in [7, 11) is 0. The van der Waals surface area contributed by atoms with Crippen molar-refractivity contribution in [1.29, 1.82) is 0 Å². The fraction of sp³-hybridized carbons (Fsp3) is 0.400. The van der Waals surface area contributed by atoms with E-state index in [1.807, 2.05) is 0 Å². The number of rotatable bonds is 3. The Hall–Kier alpha value is -1.49. The molecule has 0 spiro atoms. The highest BCUT2D eigenvalue weighted by Crippen LogP contribution is 2.22. The van der Waals surface area contributed by atoms with Crippen LogP contribution in [0.15, 0.2) is 18.2 Å². The van der Waals surface area contributed by atoms with E-state index in [9.17, 15) is 19.6 Å². The number of aryl methyl sites for hydroxylation is 1. The molecule has 0 saturated carbocycles. The Balaban J connectivity index is 3.01. The molecule has 4 nitrogen and oxygen atoms in total. The monoisotopic (exact) mass is 213 g/mol. The zero-order valence-electron chi connectivity index (χ0n) is 8.48. The fourth-order valence-electron chi connectivity index (χ4n) is 1.35. The van der Waals surface area contributed by atoms with E-state index in [-0.39, 0.29) is 0 Å². The van der Waals surface area contributed by atoms with Crippen molar-refractivity contribution in [1.82, 2.24) is 0 Å². The maximum atomic E-state index is 12.8. The van der Waals surface area contributed by atoms with Crippen LogP contribution in [0.5, 0.6) is 0 Å². The van der Waals surface area contributed by atoms with Crippen LogP contribution in [-0.4, -0.2) is 16.1 Å². The molecule has 0 radical (unpaired) electrons. The Labute approximate surface area is 86.5 Å². The lowest BCUT2D eigenvalue weighted by Gasteiger charge is -2.14. The third kappa shape index (κ3) is 2.50. The third-order valence-corrected chi connectivity index (χ3v) is 2.34. The molecule has 0 amide bonds. The topological polar surface area (TPSA) is 63.4 Å².